The summed E-state index contributed by atoms with van der Waals surface area (Å²) in [7, 11) is 0. The lowest BCUT2D eigenvalue weighted by atomic mass is 10.2. The molecule has 2 rings (SSSR count). The molecule has 0 spiro atoms. The molecule has 106 valence electrons. The maximum Gasteiger partial charge on any atom is 0.249 e. The number of amides is 1. The number of rotatable bonds is 4. The van der Waals surface area contributed by atoms with Crippen LogP contribution < -0.4 is 11.1 Å². The monoisotopic (exact) mass is 293 g/mol. The Kier molecular flexibility index (Phi) is 4.36. The van der Waals surface area contributed by atoms with Gasteiger partial charge in [-0.1, -0.05) is 22.9 Å². The number of carbonyl (C=O) groups excluding carboxylic acids is 1. The van der Waals surface area contributed by atoms with Crippen LogP contribution in [0.1, 0.15) is 24.2 Å². The van der Waals surface area contributed by atoms with Gasteiger partial charge in [0.05, 0.1) is 11.9 Å². The maximum atomic E-state index is 12.1. The zero-order chi connectivity index (χ0) is 14.7. The highest BCUT2D eigenvalue weighted by Crippen LogP contribution is 2.20. The quantitative estimate of drug-likeness (QED) is 0.901. The average molecular weight is 294 g/mol. The molecule has 20 heavy (non-hydrogen) atoms. The fourth-order valence-electron chi connectivity index (χ4n) is 1.63. The molecule has 1 aromatic heterocycles. The van der Waals surface area contributed by atoms with E-state index in [-0.39, 0.29) is 5.91 Å². The van der Waals surface area contributed by atoms with Gasteiger partial charge in [0.2, 0.25) is 5.91 Å². The number of benzene rings is 1. The van der Waals surface area contributed by atoms with Crippen molar-refractivity contribution >= 4 is 23.2 Å². The molecule has 1 atom stereocenters. The summed E-state index contributed by atoms with van der Waals surface area (Å²) in [5.41, 5.74) is 7.71. The van der Waals surface area contributed by atoms with Gasteiger partial charge >= 0.3 is 0 Å². The van der Waals surface area contributed by atoms with Crippen molar-refractivity contribution in [3.05, 3.63) is 40.7 Å². The lowest BCUT2D eigenvalue weighted by Crippen LogP contribution is -2.24. The molecule has 6 nitrogen and oxygen atoms in total. The van der Waals surface area contributed by atoms with Gasteiger partial charge in [-0.2, -0.15) is 0 Å². The zero-order valence-electron chi connectivity index (χ0n) is 11.3. The zero-order valence-corrected chi connectivity index (χ0v) is 12.1. The van der Waals surface area contributed by atoms with E-state index in [9.17, 15) is 4.79 Å². The van der Waals surface area contributed by atoms with E-state index in [1.54, 1.807) is 25.3 Å². The van der Waals surface area contributed by atoms with Crippen molar-refractivity contribution in [3.63, 3.8) is 0 Å². The molecule has 7 heteroatoms. The van der Waals surface area contributed by atoms with Crippen LogP contribution in [0.2, 0.25) is 5.02 Å². The van der Waals surface area contributed by atoms with Crippen LogP contribution in [-0.4, -0.2) is 20.9 Å². The van der Waals surface area contributed by atoms with Gasteiger partial charge in [0.1, 0.15) is 6.04 Å². The van der Waals surface area contributed by atoms with Gasteiger partial charge in [0.25, 0.3) is 0 Å². The summed E-state index contributed by atoms with van der Waals surface area (Å²) in [5.74, 6) is -0.196. The SMILES string of the molecule is Cc1ccc(NC(=O)C(C)n2cc(CN)nn2)cc1Cl. The van der Waals surface area contributed by atoms with Crippen molar-refractivity contribution in [2.45, 2.75) is 26.4 Å². The molecule has 1 heterocycles. The van der Waals surface area contributed by atoms with Crippen LogP contribution in [0, 0.1) is 6.92 Å². The first-order valence-electron chi connectivity index (χ1n) is 6.19. The number of nitrogens with zero attached hydrogens (tertiary/aromatic N) is 3. The highest BCUT2D eigenvalue weighted by Gasteiger charge is 2.16. The number of nitrogens with one attached hydrogen (secondary N) is 1. The Labute approximate surface area is 121 Å². The Morgan fingerprint density at radius 2 is 2.30 bits per heavy atom. The summed E-state index contributed by atoms with van der Waals surface area (Å²) >= 11 is 6.02. The smallest absolute Gasteiger partial charge is 0.249 e. The normalized spacial score (nSPS) is 12.2. The second kappa shape index (κ2) is 6.02. The summed E-state index contributed by atoms with van der Waals surface area (Å²) in [4.78, 5) is 12.1. The van der Waals surface area contributed by atoms with Crippen molar-refractivity contribution < 1.29 is 4.79 Å². The molecule has 1 amide bonds. The van der Waals surface area contributed by atoms with Gasteiger partial charge in [-0.25, -0.2) is 4.68 Å². The van der Waals surface area contributed by atoms with Crippen LogP contribution in [0.15, 0.2) is 24.4 Å². The fraction of sp³-hybridized carbons (Fsp3) is 0.308. The van der Waals surface area contributed by atoms with E-state index in [4.69, 9.17) is 17.3 Å². The molecule has 0 fully saturated rings. The number of halogens is 1. The summed E-state index contributed by atoms with van der Waals surface area (Å²) in [6.07, 6.45) is 1.66. The third-order valence-electron chi connectivity index (χ3n) is 2.98. The van der Waals surface area contributed by atoms with Gasteiger partial charge in [-0.3, -0.25) is 4.79 Å². The number of aryl methyl sites for hydroxylation is 1. The van der Waals surface area contributed by atoms with E-state index >= 15 is 0 Å². The Morgan fingerprint density at radius 1 is 1.55 bits per heavy atom. The molecule has 0 bridgehead atoms. The van der Waals surface area contributed by atoms with E-state index in [1.807, 2.05) is 13.0 Å². The third kappa shape index (κ3) is 3.15. The predicted molar refractivity (Wildman–Crippen MR) is 77.4 cm³/mol. The summed E-state index contributed by atoms with van der Waals surface area (Å²) in [5, 5.41) is 11.1. The Bertz CT molecular complexity index is 625. The van der Waals surface area contributed by atoms with E-state index in [0.29, 0.717) is 22.9 Å². The van der Waals surface area contributed by atoms with Crippen LogP contribution >= 0.6 is 11.6 Å². The van der Waals surface area contributed by atoms with Crippen molar-refractivity contribution in [2.24, 2.45) is 5.73 Å². The van der Waals surface area contributed by atoms with E-state index in [0.717, 1.165) is 5.56 Å². The van der Waals surface area contributed by atoms with Gasteiger partial charge in [-0.05, 0) is 31.5 Å². The summed E-state index contributed by atoms with van der Waals surface area (Å²) < 4.78 is 1.48. The molecule has 0 aliphatic rings. The molecular formula is C13H16ClN5O. The maximum absolute atomic E-state index is 12.1. The second-order valence-electron chi connectivity index (χ2n) is 4.52. The highest BCUT2D eigenvalue weighted by atomic mass is 35.5. The first-order valence-corrected chi connectivity index (χ1v) is 6.57. The molecule has 3 N–H and O–H groups in total. The molecule has 0 radical (unpaired) electrons. The molecule has 1 aromatic carbocycles. The van der Waals surface area contributed by atoms with Gasteiger partial charge in [-0.15, -0.1) is 5.10 Å². The molecular weight excluding hydrogens is 278 g/mol. The first kappa shape index (κ1) is 14.5. The summed E-state index contributed by atoms with van der Waals surface area (Å²) in [6.45, 7) is 3.93. The Hall–Kier alpha value is -1.92. The number of hydrogen-bond acceptors (Lipinski definition) is 4. The molecule has 0 aliphatic carbocycles. The van der Waals surface area contributed by atoms with E-state index in [1.165, 1.54) is 4.68 Å². The van der Waals surface area contributed by atoms with Crippen LogP contribution in [0.5, 0.6) is 0 Å². The minimum absolute atomic E-state index is 0.196. The number of hydrogen-bond donors (Lipinski definition) is 2. The lowest BCUT2D eigenvalue weighted by Gasteiger charge is -2.12. The Balaban J connectivity index is 2.08. The number of carbonyl (C=O) groups is 1. The van der Waals surface area contributed by atoms with Crippen LogP contribution in [-0.2, 0) is 11.3 Å². The van der Waals surface area contributed by atoms with Crippen LogP contribution in [0.25, 0.3) is 0 Å². The summed E-state index contributed by atoms with van der Waals surface area (Å²) in [6, 6.07) is 4.89. The molecule has 0 aliphatic heterocycles. The second-order valence-corrected chi connectivity index (χ2v) is 4.93. The molecule has 0 saturated carbocycles. The average Bonchev–Trinajstić information content (AvgIpc) is 2.91. The molecule has 2 aromatic rings. The van der Waals surface area contributed by atoms with Crippen molar-refractivity contribution in [2.75, 3.05) is 5.32 Å². The number of nitrogens with two attached hydrogens (primary N) is 1. The number of anilines is 1. The van der Waals surface area contributed by atoms with Gasteiger partial charge in [0.15, 0.2) is 0 Å². The standard InChI is InChI=1S/C13H16ClN5O/c1-8-3-4-10(5-12(8)14)16-13(20)9(2)19-7-11(6-15)17-18-19/h3-5,7,9H,6,15H2,1-2H3,(H,16,20). The fourth-order valence-corrected chi connectivity index (χ4v) is 1.81. The topological polar surface area (TPSA) is 85.8 Å². The van der Waals surface area contributed by atoms with Crippen molar-refractivity contribution in [1.29, 1.82) is 0 Å². The third-order valence-corrected chi connectivity index (χ3v) is 3.39. The minimum atomic E-state index is -0.483. The predicted octanol–water partition coefficient (Wildman–Crippen LogP) is 1.90. The van der Waals surface area contributed by atoms with Crippen molar-refractivity contribution in [3.8, 4) is 0 Å². The molecule has 0 saturated heterocycles. The van der Waals surface area contributed by atoms with Crippen molar-refractivity contribution in [1.82, 2.24) is 15.0 Å². The van der Waals surface area contributed by atoms with Gasteiger partial charge < -0.3 is 11.1 Å². The van der Waals surface area contributed by atoms with Gasteiger partial charge in [0, 0.05) is 17.3 Å². The largest absolute Gasteiger partial charge is 0.325 e. The number of aromatic nitrogens is 3. The van der Waals surface area contributed by atoms with Crippen LogP contribution in [0.4, 0.5) is 5.69 Å². The van der Waals surface area contributed by atoms with E-state index in [2.05, 4.69) is 15.6 Å². The lowest BCUT2D eigenvalue weighted by molar-refractivity contribution is -0.119. The first-order chi connectivity index (χ1) is 9.51. The molecule has 1 unspecified atom stereocenters. The Morgan fingerprint density at radius 3 is 2.90 bits per heavy atom. The highest BCUT2D eigenvalue weighted by molar-refractivity contribution is 6.31. The van der Waals surface area contributed by atoms with E-state index < -0.39 is 6.04 Å². The minimum Gasteiger partial charge on any atom is -0.325 e. The van der Waals surface area contributed by atoms with Crippen LogP contribution in [0.3, 0.4) is 0 Å².